The van der Waals surface area contributed by atoms with Gasteiger partial charge in [0.2, 0.25) is 0 Å². The van der Waals surface area contributed by atoms with Gasteiger partial charge < -0.3 is 9.84 Å². The van der Waals surface area contributed by atoms with Gasteiger partial charge in [0, 0.05) is 0 Å². The molecule has 199 valence electrons. The van der Waals surface area contributed by atoms with Gasteiger partial charge in [-0.3, -0.25) is 0 Å². The van der Waals surface area contributed by atoms with Gasteiger partial charge in [-0.1, -0.05) is 49.4 Å². The average molecular weight is 538 g/mol. The quantitative estimate of drug-likeness (QED) is 0.0963. The van der Waals surface area contributed by atoms with Gasteiger partial charge in [-0.25, -0.2) is 4.79 Å². The maximum Gasteiger partial charge on any atom is 0.347 e. The molecule has 4 heteroatoms. The third-order valence-corrected chi connectivity index (χ3v) is 8.20. The summed E-state index contributed by atoms with van der Waals surface area (Å²) in [5, 5.41) is 11.7. The molecule has 0 bridgehead atoms. The maximum atomic E-state index is 12.1. The van der Waals surface area contributed by atoms with Crippen molar-refractivity contribution in [2.75, 3.05) is 0 Å². The molecule has 0 saturated heterocycles. The van der Waals surface area contributed by atoms with E-state index in [1.165, 1.54) is 70.6 Å². The summed E-state index contributed by atoms with van der Waals surface area (Å²) in [6.45, 7) is 6.99. The average Bonchev–Trinajstić information content (AvgIpc) is 2.90. The molecule has 37 heavy (non-hydrogen) atoms. The van der Waals surface area contributed by atoms with Crippen LogP contribution in [0.15, 0.2) is 66.7 Å². The number of phenolic OH excluding ortho intramolecular Hbond substituents is 1. The fraction of sp³-hybridized carbons (Fsp3) is 0.485. The van der Waals surface area contributed by atoms with Gasteiger partial charge >= 0.3 is 121 Å². The van der Waals surface area contributed by atoms with Crippen LogP contribution in [-0.2, 0) is 20.4 Å². The van der Waals surface area contributed by atoms with E-state index in [1.807, 2.05) is 30.3 Å². The van der Waals surface area contributed by atoms with Gasteiger partial charge in [0.1, 0.15) is 17.1 Å². The fourth-order valence-corrected chi connectivity index (χ4v) is 4.55. The molecule has 1 unspecified atom stereocenters. The van der Waals surface area contributed by atoms with Crippen molar-refractivity contribution in [1.82, 2.24) is 0 Å². The number of unbranched alkanes of at least 4 members (excludes halogenated alkanes) is 9. The van der Waals surface area contributed by atoms with Crippen LogP contribution in [0.1, 0.15) is 102 Å². The molecule has 0 fully saturated rings. The standard InChI is InChI=1S/C17H12O3.C16H33.Ti/c18-16-11-13-7-5-4-6-12(13)10-15(16)17(19)20-14-8-2-1-3-9-14;1-4-5-6-7-8-9-10-11-12-13-14-15-16(2)3;/h1-11,18H;15-16H,4-14H2,1-3H3;. The smallest absolute Gasteiger partial charge is 0.347 e. The van der Waals surface area contributed by atoms with E-state index >= 15 is 0 Å². The Balaban J connectivity index is 0.000000265. The van der Waals surface area contributed by atoms with Crippen LogP contribution in [-0.4, -0.2) is 11.1 Å². The van der Waals surface area contributed by atoms with Crippen molar-refractivity contribution in [3.63, 3.8) is 0 Å². The van der Waals surface area contributed by atoms with Crippen LogP contribution in [0, 0.1) is 5.92 Å². The van der Waals surface area contributed by atoms with Gasteiger partial charge in [0.05, 0.1) is 0 Å². The van der Waals surface area contributed by atoms with E-state index < -0.39 is 5.97 Å². The molecule has 0 aromatic heterocycles. The monoisotopic (exact) mass is 537 g/mol. The van der Waals surface area contributed by atoms with Crippen molar-refractivity contribution in [2.24, 2.45) is 5.92 Å². The Hall–Kier alpha value is -2.10. The zero-order valence-corrected chi connectivity index (χ0v) is 24.6. The number of benzene rings is 3. The number of para-hydroxylation sites is 1. The van der Waals surface area contributed by atoms with E-state index in [9.17, 15) is 9.90 Å². The van der Waals surface area contributed by atoms with Crippen LogP contribution in [0.25, 0.3) is 10.8 Å². The SMILES string of the molecule is CCCCCCCCCCCC[CH]([Ti])C(C)C.O=C(Oc1ccccc1)c1cc2ccccc2cc1O. The Morgan fingerprint density at radius 1 is 0.784 bits per heavy atom. The normalized spacial score (nSPS) is 11.6. The van der Waals surface area contributed by atoms with Crippen molar-refractivity contribution in [1.29, 1.82) is 0 Å². The predicted molar refractivity (Wildman–Crippen MR) is 152 cm³/mol. The van der Waals surface area contributed by atoms with Crippen LogP contribution < -0.4 is 4.74 Å². The summed E-state index contributed by atoms with van der Waals surface area (Å²) in [4.78, 5) is 12.1. The summed E-state index contributed by atoms with van der Waals surface area (Å²) in [5.41, 5.74) is 0.160. The Morgan fingerprint density at radius 3 is 1.86 bits per heavy atom. The van der Waals surface area contributed by atoms with E-state index in [4.69, 9.17) is 4.74 Å². The first-order chi connectivity index (χ1) is 17.9. The first kappa shape index (κ1) is 31.1. The van der Waals surface area contributed by atoms with Gasteiger partial charge in [0.15, 0.2) is 0 Å². The van der Waals surface area contributed by atoms with E-state index in [0.717, 1.165) is 20.9 Å². The second-order valence-electron chi connectivity index (χ2n) is 10.2. The number of carbonyl (C=O) groups is 1. The Morgan fingerprint density at radius 2 is 1.30 bits per heavy atom. The molecule has 3 aromatic rings. The van der Waals surface area contributed by atoms with Crippen molar-refractivity contribution >= 4 is 16.7 Å². The second kappa shape index (κ2) is 18.2. The number of aromatic hydroxyl groups is 1. The van der Waals surface area contributed by atoms with Gasteiger partial charge in [-0.05, 0) is 35.0 Å². The van der Waals surface area contributed by atoms with Crippen molar-refractivity contribution in [3.8, 4) is 11.5 Å². The molecule has 0 aliphatic rings. The van der Waals surface area contributed by atoms with Crippen LogP contribution in [0.4, 0.5) is 0 Å². The zero-order valence-electron chi connectivity index (χ0n) is 23.0. The molecule has 1 atom stereocenters. The molecule has 0 saturated carbocycles. The van der Waals surface area contributed by atoms with Crippen LogP contribution in [0.5, 0.6) is 11.5 Å². The summed E-state index contributed by atoms with van der Waals surface area (Å²) in [7, 11) is 0. The number of carbonyl (C=O) groups excluding carboxylic acids is 1. The minimum atomic E-state index is -0.570. The largest absolute Gasteiger partial charge is 0.507 e. The summed E-state index contributed by atoms with van der Waals surface area (Å²) in [6.07, 6.45) is 16.0. The maximum absolute atomic E-state index is 12.1. The fourth-order valence-electron chi connectivity index (χ4n) is 4.23. The summed E-state index contributed by atoms with van der Waals surface area (Å²) in [6, 6.07) is 19.5. The van der Waals surface area contributed by atoms with Gasteiger partial charge in [-0.2, -0.15) is 0 Å². The minimum absolute atomic E-state index is 0.0790. The molecular weight excluding hydrogens is 492 g/mol. The van der Waals surface area contributed by atoms with E-state index in [2.05, 4.69) is 41.2 Å². The van der Waals surface area contributed by atoms with Gasteiger partial charge in [-0.15, -0.1) is 0 Å². The number of hydrogen-bond acceptors (Lipinski definition) is 3. The molecule has 0 heterocycles. The predicted octanol–water partition coefficient (Wildman–Crippen LogP) is 10.1. The molecule has 0 amide bonds. The van der Waals surface area contributed by atoms with Gasteiger partial charge in [0.25, 0.3) is 0 Å². The summed E-state index contributed by atoms with van der Waals surface area (Å²) < 4.78 is 6.15. The third-order valence-electron chi connectivity index (χ3n) is 6.71. The number of phenols is 1. The summed E-state index contributed by atoms with van der Waals surface area (Å²) >= 11 is 2.40. The molecule has 3 aromatic carbocycles. The van der Waals surface area contributed by atoms with E-state index in [1.54, 1.807) is 36.4 Å². The zero-order chi connectivity index (χ0) is 26.9. The van der Waals surface area contributed by atoms with Crippen molar-refractivity contribution in [3.05, 3.63) is 72.3 Å². The van der Waals surface area contributed by atoms with E-state index in [-0.39, 0.29) is 11.3 Å². The third kappa shape index (κ3) is 12.3. The number of ether oxygens (including phenoxy) is 1. The number of esters is 1. The summed E-state index contributed by atoms with van der Waals surface area (Å²) in [5.74, 6) is 0.669. The molecule has 0 aliphatic heterocycles. The first-order valence-electron chi connectivity index (χ1n) is 14.1. The molecule has 0 spiro atoms. The topological polar surface area (TPSA) is 46.5 Å². The van der Waals surface area contributed by atoms with Crippen LogP contribution in [0.3, 0.4) is 0 Å². The first-order valence-corrected chi connectivity index (χ1v) is 15.0. The number of hydrogen-bond donors (Lipinski definition) is 1. The van der Waals surface area contributed by atoms with Crippen LogP contribution in [0.2, 0.25) is 4.22 Å². The Labute approximate surface area is 236 Å². The van der Waals surface area contributed by atoms with Crippen molar-refractivity contribution in [2.45, 2.75) is 95.6 Å². The Kier molecular flexibility index (Phi) is 15.3. The molecule has 3 rings (SSSR count). The number of rotatable bonds is 14. The second-order valence-corrected chi connectivity index (χ2v) is 11.4. The van der Waals surface area contributed by atoms with E-state index in [0.29, 0.717) is 5.75 Å². The molecule has 0 aliphatic carbocycles. The molecule has 0 radical (unpaired) electrons. The number of fused-ring (bicyclic) bond motifs is 1. The molecular formula is C33H45O3Ti. The molecule has 3 nitrogen and oxygen atoms in total. The van der Waals surface area contributed by atoms with Crippen LogP contribution >= 0.6 is 0 Å². The minimum Gasteiger partial charge on any atom is -0.507 e. The Bertz CT molecular complexity index is 1030. The van der Waals surface area contributed by atoms with Crippen molar-refractivity contribution < 1.29 is 35.1 Å². The molecule has 1 N–H and O–H groups in total.